The van der Waals surface area contributed by atoms with Crippen LogP contribution in [0, 0.1) is 0 Å². The highest BCUT2D eigenvalue weighted by molar-refractivity contribution is 9.10. The second kappa shape index (κ2) is 6.73. The topological polar surface area (TPSA) is 12.0 Å². The molecule has 20 heavy (non-hydrogen) atoms. The number of benzene rings is 1. The Kier molecular flexibility index (Phi) is 4.97. The molecule has 3 rings (SSSR count). The van der Waals surface area contributed by atoms with Crippen LogP contribution in [0.3, 0.4) is 0 Å². The standard InChI is InChI=1S/C16H17Br2NS/c17-12-8-14(20-10-12)7-11(9-19-13-5-6-13)15-3-1-2-4-16(15)18/h1-4,8,10-11,13,19H,5-7,9H2. The highest BCUT2D eigenvalue weighted by Gasteiger charge is 2.23. The Bertz CT molecular complexity index is 577. The highest BCUT2D eigenvalue weighted by atomic mass is 79.9. The summed E-state index contributed by atoms with van der Waals surface area (Å²) < 4.78 is 2.41. The molecule has 0 radical (unpaired) electrons. The van der Waals surface area contributed by atoms with Crippen molar-refractivity contribution in [1.82, 2.24) is 5.32 Å². The third kappa shape index (κ3) is 3.94. The third-order valence-electron chi connectivity index (χ3n) is 3.64. The first-order valence-corrected chi connectivity index (χ1v) is 9.39. The molecule has 2 aromatic rings. The van der Waals surface area contributed by atoms with Gasteiger partial charge in [0.05, 0.1) is 0 Å². The molecule has 0 spiro atoms. The molecule has 0 aliphatic heterocycles. The molecule has 1 nitrogen and oxygen atoms in total. The monoisotopic (exact) mass is 413 g/mol. The predicted octanol–water partition coefficient (Wildman–Crippen LogP) is 5.35. The zero-order valence-electron chi connectivity index (χ0n) is 11.1. The number of nitrogens with one attached hydrogen (secondary N) is 1. The molecule has 1 aliphatic carbocycles. The lowest BCUT2D eigenvalue weighted by atomic mass is 9.95. The van der Waals surface area contributed by atoms with E-state index in [9.17, 15) is 0 Å². The lowest BCUT2D eigenvalue weighted by molar-refractivity contribution is 0.578. The van der Waals surface area contributed by atoms with Gasteiger partial charge in [-0.25, -0.2) is 0 Å². The Labute approximate surface area is 141 Å². The molecule has 0 bridgehead atoms. The van der Waals surface area contributed by atoms with E-state index in [0.29, 0.717) is 5.92 Å². The second-order valence-corrected chi connectivity index (χ2v) is 8.10. The Morgan fingerprint density at radius 1 is 1.25 bits per heavy atom. The Morgan fingerprint density at radius 2 is 2.05 bits per heavy atom. The van der Waals surface area contributed by atoms with Gasteiger partial charge in [-0.1, -0.05) is 34.1 Å². The average molecular weight is 415 g/mol. The van der Waals surface area contributed by atoms with Crippen molar-refractivity contribution in [1.29, 1.82) is 0 Å². The van der Waals surface area contributed by atoms with Crippen LogP contribution in [0.25, 0.3) is 0 Å². The van der Waals surface area contributed by atoms with Gasteiger partial charge in [-0.15, -0.1) is 11.3 Å². The van der Waals surface area contributed by atoms with Gasteiger partial charge in [0.2, 0.25) is 0 Å². The van der Waals surface area contributed by atoms with Gasteiger partial charge in [-0.05, 0) is 52.9 Å². The summed E-state index contributed by atoms with van der Waals surface area (Å²) in [6.45, 7) is 1.06. The minimum atomic E-state index is 0.525. The lowest BCUT2D eigenvalue weighted by Crippen LogP contribution is -2.24. The van der Waals surface area contributed by atoms with Gasteiger partial charge in [-0.3, -0.25) is 0 Å². The van der Waals surface area contributed by atoms with Crippen LogP contribution in [0.15, 0.2) is 44.7 Å². The largest absolute Gasteiger partial charge is 0.313 e. The van der Waals surface area contributed by atoms with Crippen LogP contribution in [-0.2, 0) is 6.42 Å². The number of halogens is 2. The van der Waals surface area contributed by atoms with Gasteiger partial charge in [-0.2, -0.15) is 0 Å². The number of rotatable bonds is 6. The van der Waals surface area contributed by atoms with E-state index in [0.717, 1.165) is 19.0 Å². The molecule has 1 unspecified atom stereocenters. The van der Waals surface area contributed by atoms with Crippen molar-refractivity contribution in [3.63, 3.8) is 0 Å². The quantitative estimate of drug-likeness (QED) is 0.671. The summed E-state index contributed by atoms with van der Waals surface area (Å²) in [5, 5.41) is 5.85. The van der Waals surface area contributed by atoms with Gasteiger partial charge in [0.1, 0.15) is 0 Å². The highest BCUT2D eigenvalue weighted by Crippen LogP contribution is 2.31. The van der Waals surface area contributed by atoms with E-state index >= 15 is 0 Å². The van der Waals surface area contributed by atoms with Crippen molar-refractivity contribution in [3.05, 3.63) is 55.1 Å². The van der Waals surface area contributed by atoms with Crippen LogP contribution in [0.2, 0.25) is 0 Å². The summed E-state index contributed by atoms with van der Waals surface area (Å²) >= 11 is 9.09. The minimum Gasteiger partial charge on any atom is -0.313 e. The smallest absolute Gasteiger partial charge is 0.0285 e. The predicted molar refractivity (Wildman–Crippen MR) is 93.6 cm³/mol. The molecule has 1 aromatic carbocycles. The molecule has 1 aliphatic rings. The van der Waals surface area contributed by atoms with Crippen LogP contribution in [-0.4, -0.2) is 12.6 Å². The molecular weight excluding hydrogens is 398 g/mol. The van der Waals surface area contributed by atoms with Crippen molar-refractivity contribution in [3.8, 4) is 0 Å². The van der Waals surface area contributed by atoms with E-state index in [2.05, 4.69) is 72.9 Å². The summed E-state index contributed by atoms with van der Waals surface area (Å²) in [5.41, 5.74) is 1.41. The molecule has 4 heteroatoms. The first kappa shape index (κ1) is 14.8. The minimum absolute atomic E-state index is 0.525. The van der Waals surface area contributed by atoms with E-state index < -0.39 is 0 Å². The fraction of sp³-hybridized carbons (Fsp3) is 0.375. The van der Waals surface area contributed by atoms with Gasteiger partial charge in [0.25, 0.3) is 0 Å². The molecule has 1 N–H and O–H groups in total. The Hall–Kier alpha value is -0.160. The first-order valence-electron chi connectivity index (χ1n) is 6.93. The van der Waals surface area contributed by atoms with Crippen LogP contribution < -0.4 is 5.32 Å². The SMILES string of the molecule is Brc1csc(CC(CNC2CC2)c2ccccc2Br)c1. The molecule has 1 fully saturated rings. The molecular formula is C16H17Br2NS. The van der Waals surface area contributed by atoms with E-state index in [-0.39, 0.29) is 0 Å². The zero-order chi connectivity index (χ0) is 13.9. The van der Waals surface area contributed by atoms with Crippen molar-refractivity contribution in [2.45, 2.75) is 31.2 Å². The maximum absolute atomic E-state index is 3.70. The second-order valence-electron chi connectivity index (χ2n) is 5.34. The Balaban J connectivity index is 1.77. The summed E-state index contributed by atoms with van der Waals surface area (Å²) in [7, 11) is 0. The summed E-state index contributed by atoms with van der Waals surface area (Å²) in [6, 6.07) is 11.6. The molecule has 0 saturated heterocycles. The van der Waals surface area contributed by atoms with E-state index in [1.807, 2.05) is 11.3 Å². The van der Waals surface area contributed by atoms with Crippen LogP contribution >= 0.6 is 43.2 Å². The number of hydrogen-bond donors (Lipinski definition) is 1. The van der Waals surface area contributed by atoms with Crippen LogP contribution in [0.5, 0.6) is 0 Å². The molecule has 106 valence electrons. The van der Waals surface area contributed by atoms with Crippen molar-refractivity contribution in [2.24, 2.45) is 0 Å². The van der Waals surface area contributed by atoms with Crippen molar-refractivity contribution in [2.75, 3.05) is 6.54 Å². The molecule has 0 amide bonds. The Morgan fingerprint density at radius 3 is 2.70 bits per heavy atom. The number of thiophene rings is 1. The van der Waals surface area contributed by atoms with Gasteiger partial charge < -0.3 is 5.32 Å². The maximum Gasteiger partial charge on any atom is 0.0285 e. The fourth-order valence-corrected chi connectivity index (χ4v) is 4.54. The van der Waals surface area contributed by atoms with Crippen molar-refractivity contribution < 1.29 is 0 Å². The first-order chi connectivity index (χ1) is 9.72. The fourth-order valence-electron chi connectivity index (χ4n) is 2.40. The third-order valence-corrected chi connectivity index (χ3v) is 6.09. The van der Waals surface area contributed by atoms with Gasteiger partial charge in [0, 0.05) is 37.7 Å². The molecule has 1 atom stereocenters. The van der Waals surface area contributed by atoms with Crippen molar-refractivity contribution >= 4 is 43.2 Å². The summed E-state index contributed by atoms with van der Waals surface area (Å²) in [5.74, 6) is 0.525. The number of hydrogen-bond acceptors (Lipinski definition) is 2. The lowest BCUT2D eigenvalue weighted by Gasteiger charge is -2.19. The van der Waals surface area contributed by atoms with Gasteiger partial charge >= 0.3 is 0 Å². The van der Waals surface area contributed by atoms with Crippen LogP contribution in [0.4, 0.5) is 0 Å². The van der Waals surface area contributed by atoms with Crippen LogP contribution in [0.1, 0.15) is 29.2 Å². The average Bonchev–Trinajstić information content (AvgIpc) is 3.18. The molecule has 1 aromatic heterocycles. The summed E-state index contributed by atoms with van der Waals surface area (Å²) in [6.07, 6.45) is 3.78. The summed E-state index contributed by atoms with van der Waals surface area (Å²) in [4.78, 5) is 1.44. The molecule has 1 saturated carbocycles. The van der Waals surface area contributed by atoms with Gasteiger partial charge in [0.15, 0.2) is 0 Å². The van der Waals surface area contributed by atoms with E-state index in [1.54, 1.807) is 0 Å². The maximum atomic E-state index is 3.70. The van der Waals surface area contributed by atoms with E-state index in [1.165, 1.54) is 32.2 Å². The molecule has 1 heterocycles. The normalized spacial score (nSPS) is 16.3. The zero-order valence-corrected chi connectivity index (χ0v) is 15.1. The van der Waals surface area contributed by atoms with E-state index in [4.69, 9.17) is 0 Å².